The standard InChI is InChI=1S/C18H26N2O/c1-15(2)19-13-18-17(10-12-21-18)14-20(3)11-9-16-7-5-4-6-8-16/h4-8,10,12,15,19H,9,11,13-14H2,1-3H3. The van der Waals surface area contributed by atoms with Gasteiger partial charge in [-0.15, -0.1) is 0 Å². The van der Waals surface area contributed by atoms with Crippen LogP contribution in [0.3, 0.4) is 0 Å². The number of nitrogens with one attached hydrogen (secondary N) is 1. The van der Waals surface area contributed by atoms with E-state index in [0.717, 1.165) is 31.8 Å². The molecule has 21 heavy (non-hydrogen) atoms. The highest BCUT2D eigenvalue weighted by Gasteiger charge is 2.09. The second kappa shape index (κ2) is 8.01. The molecule has 1 N–H and O–H groups in total. The van der Waals surface area contributed by atoms with Crippen LogP contribution < -0.4 is 5.32 Å². The van der Waals surface area contributed by atoms with Gasteiger partial charge in [-0.1, -0.05) is 44.2 Å². The summed E-state index contributed by atoms with van der Waals surface area (Å²) in [6.45, 7) is 7.07. The van der Waals surface area contributed by atoms with Crippen molar-refractivity contribution in [2.45, 2.75) is 39.4 Å². The molecule has 0 radical (unpaired) electrons. The molecule has 0 atom stereocenters. The average molecular weight is 286 g/mol. The Morgan fingerprint density at radius 2 is 1.90 bits per heavy atom. The van der Waals surface area contributed by atoms with Crippen LogP contribution in [0.4, 0.5) is 0 Å². The first kappa shape index (κ1) is 15.8. The minimum absolute atomic E-state index is 0.471. The third-order valence-electron chi connectivity index (χ3n) is 3.57. The third-order valence-corrected chi connectivity index (χ3v) is 3.57. The van der Waals surface area contributed by atoms with Crippen LogP contribution in [0.5, 0.6) is 0 Å². The van der Waals surface area contributed by atoms with Crippen LogP contribution in [0.25, 0.3) is 0 Å². The SMILES string of the molecule is CC(C)NCc1occc1CN(C)CCc1ccccc1. The fraction of sp³-hybridized carbons (Fsp3) is 0.444. The Morgan fingerprint density at radius 1 is 1.14 bits per heavy atom. The Kier molecular flexibility index (Phi) is 6.03. The summed E-state index contributed by atoms with van der Waals surface area (Å²) in [5.41, 5.74) is 2.66. The average Bonchev–Trinajstić information content (AvgIpc) is 2.91. The molecule has 0 spiro atoms. The predicted molar refractivity (Wildman–Crippen MR) is 87.2 cm³/mol. The first-order chi connectivity index (χ1) is 10.1. The zero-order chi connectivity index (χ0) is 15.1. The summed E-state index contributed by atoms with van der Waals surface area (Å²) >= 11 is 0. The van der Waals surface area contributed by atoms with Gasteiger partial charge in [0.2, 0.25) is 0 Å². The summed E-state index contributed by atoms with van der Waals surface area (Å²) in [5, 5.41) is 3.41. The largest absolute Gasteiger partial charge is 0.468 e. The van der Waals surface area contributed by atoms with Crippen molar-refractivity contribution in [2.75, 3.05) is 13.6 Å². The Hall–Kier alpha value is -1.58. The molecular weight excluding hydrogens is 260 g/mol. The van der Waals surface area contributed by atoms with Crippen LogP contribution in [0.1, 0.15) is 30.7 Å². The Labute approximate surface area is 128 Å². The summed E-state index contributed by atoms with van der Waals surface area (Å²) < 4.78 is 5.59. The van der Waals surface area contributed by atoms with Crippen molar-refractivity contribution < 1.29 is 4.42 Å². The van der Waals surface area contributed by atoms with E-state index in [9.17, 15) is 0 Å². The highest BCUT2D eigenvalue weighted by atomic mass is 16.3. The number of likely N-dealkylation sites (N-methyl/N-ethyl adjacent to an activating group) is 1. The Bertz CT molecular complexity index is 519. The fourth-order valence-corrected chi connectivity index (χ4v) is 2.29. The van der Waals surface area contributed by atoms with Gasteiger partial charge in [-0.3, -0.25) is 0 Å². The molecule has 1 heterocycles. The van der Waals surface area contributed by atoms with Crippen LogP contribution in [-0.2, 0) is 19.5 Å². The zero-order valence-corrected chi connectivity index (χ0v) is 13.3. The predicted octanol–water partition coefficient (Wildman–Crippen LogP) is 3.45. The van der Waals surface area contributed by atoms with E-state index in [2.05, 4.69) is 67.5 Å². The van der Waals surface area contributed by atoms with E-state index in [4.69, 9.17) is 4.42 Å². The van der Waals surface area contributed by atoms with Gasteiger partial charge in [0.25, 0.3) is 0 Å². The lowest BCUT2D eigenvalue weighted by Gasteiger charge is -2.17. The molecule has 0 aliphatic rings. The quantitative estimate of drug-likeness (QED) is 0.805. The van der Waals surface area contributed by atoms with Crippen LogP contribution >= 0.6 is 0 Å². The van der Waals surface area contributed by atoms with Gasteiger partial charge in [-0.25, -0.2) is 0 Å². The fourth-order valence-electron chi connectivity index (χ4n) is 2.29. The minimum Gasteiger partial charge on any atom is -0.468 e. The second-order valence-corrected chi connectivity index (χ2v) is 5.88. The lowest BCUT2D eigenvalue weighted by atomic mass is 10.1. The van der Waals surface area contributed by atoms with E-state index < -0.39 is 0 Å². The normalized spacial score (nSPS) is 11.5. The van der Waals surface area contributed by atoms with E-state index in [1.165, 1.54) is 11.1 Å². The van der Waals surface area contributed by atoms with E-state index in [1.54, 1.807) is 6.26 Å². The molecule has 0 unspecified atom stereocenters. The lowest BCUT2D eigenvalue weighted by Crippen LogP contribution is -2.24. The van der Waals surface area contributed by atoms with Gasteiger partial charge in [0.15, 0.2) is 0 Å². The smallest absolute Gasteiger partial charge is 0.122 e. The van der Waals surface area contributed by atoms with E-state index >= 15 is 0 Å². The number of nitrogens with zero attached hydrogens (tertiary/aromatic N) is 1. The maximum atomic E-state index is 5.59. The molecule has 0 amide bonds. The van der Waals surface area contributed by atoms with Gasteiger partial charge in [-0.05, 0) is 25.1 Å². The van der Waals surface area contributed by atoms with E-state index in [-0.39, 0.29) is 0 Å². The molecule has 2 rings (SSSR count). The Morgan fingerprint density at radius 3 is 2.62 bits per heavy atom. The molecule has 0 bridgehead atoms. The van der Waals surface area contributed by atoms with Crippen LogP contribution in [0.2, 0.25) is 0 Å². The van der Waals surface area contributed by atoms with Crippen LogP contribution in [0, 0.1) is 0 Å². The van der Waals surface area contributed by atoms with Crippen molar-refractivity contribution >= 4 is 0 Å². The number of hydrogen-bond donors (Lipinski definition) is 1. The first-order valence-electron chi connectivity index (χ1n) is 7.66. The van der Waals surface area contributed by atoms with Crippen molar-refractivity contribution in [1.29, 1.82) is 0 Å². The molecule has 114 valence electrons. The highest BCUT2D eigenvalue weighted by molar-refractivity contribution is 5.17. The molecular formula is C18H26N2O. The van der Waals surface area contributed by atoms with Crippen LogP contribution in [0.15, 0.2) is 47.1 Å². The van der Waals surface area contributed by atoms with Gasteiger partial charge in [-0.2, -0.15) is 0 Å². The van der Waals surface area contributed by atoms with E-state index in [0.29, 0.717) is 6.04 Å². The number of rotatable bonds is 8. The lowest BCUT2D eigenvalue weighted by molar-refractivity contribution is 0.326. The minimum atomic E-state index is 0.471. The van der Waals surface area contributed by atoms with Crippen molar-refractivity contribution in [3.8, 4) is 0 Å². The molecule has 0 saturated heterocycles. The summed E-state index contributed by atoms with van der Waals surface area (Å²) in [6, 6.07) is 13.2. The topological polar surface area (TPSA) is 28.4 Å². The zero-order valence-electron chi connectivity index (χ0n) is 13.3. The highest BCUT2D eigenvalue weighted by Crippen LogP contribution is 2.13. The second-order valence-electron chi connectivity index (χ2n) is 5.88. The molecule has 1 aromatic heterocycles. The van der Waals surface area contributed by atoms with Crippen molar-refractivity contribution in [3.05, 3.63) is 59.5 Å². The Balaban J connectivity index is 1.82. The third kappa shape index (κ3) is 5.37. The number of hydrogen-bond acceptors (Lipinski definition) is 3. The maximum absolute atomic E-state index is 5.59. The maximum Gasteiger partial charge on any atom is 0.122 e. The molecule has 3 heteroatoms. The number of furan rings is 1. The molecule has 0 aliphatic carbocycles. The van der Waals surface area contributed by atoms with E-state index in [1.807, 2.05) is 0 Å². The van der Waals surface area contributed by atoms with Gasteiger partial charge in [0.05, 0.1) is 12.8 Å². The molecule has 3 nitrogen and oxygen atoms in total. The van der Waals surface area contributed by atoms with Gasteiger partial charge < -0.3 is 14.6 Å². The van der Waals surface area contributed by atoms with Gasteiger partial charge in [0.1, 0.15) is 5.76 Å². The van der Waals surface area contributed by atoms with Crippen molar-refractivity contribution in [1.82, 2.24) is 10.2 Å². The summed E-state index contributed by atoms with van der Waals surface area (Å²) in [5.74, 6) is 1.05. The monoisotopic (exact) mass is 286 g/mol. The molecule has 0 fully saturated rings. The molecule has 0 saturated carbocycles. The summed E-state index contributed by atoms with van der Waals surface area (Å²) in [6.07, 6.45) is 2.87. The molecule has 1 aromatic carbocycles. The van der Waals surface area contributed by atoms with Crippen molar-refractivity contribution in [2.24, 2.45) is 0 Å². The van der Waals surface area contributed by atoms with Crippen molar-refractivity contribution in [3.63, 3.8) is 0 Å². The summed E-state index contributed by atoms with van der Waals surface area (Å²) in [7, 11) is 2.16. The first-order valence-corrected chi connectivity index (χ1v) is 7.66. The number of benzene rings is 1. The van der Waals surface area contributed by atoms with Gasteiger partial charge >= 0.3 is 0 Å². The molecule has 0 aliphatic heterocycles. The van der Waals surface area contributed by atoms with Gasteiger partial charge in [0, 0.05) is 24.7 Å². The van der Waals surface area contributed by atoms with Crippen LogP contribution in [-0.4, -0.2) is 24.5 Å². The summed E-state index contributed by atoms with van der Waals surface area (Å²) in [4.78, 5) is 2.34. The molecule has 2 aromatic rings.